The fraction of sp³-hybridized carbons (Fsp3) is 0.385. The number of nitriles is 1. The van der Waals surface area contributed by atoms with E-state index in [1.54, 1.807) is 24.3 Å². The van der Waals surface area contributed by atoms with Crippen LogP contribution in [0.1, 0.15) is 18.4 Å². The molecule has 1 saturated heterocycles. The maximum atomic E-state index is 11.7. The van der Waals surface area contributed by atoms with E-state index < -0.39 is 0 Å². The molecular weight excluding hydrogens is 228 g/mol. The average Bonchev–Trinajstić information content (AvgIpc) is 2.40. The molecule has 1 aliphatic rings. The van der Waals surface area contributed by atoms with Gasteiger partial charge in [-0.3, -0.25) is 0 Å². The number of nitrogens with one attached hydrogen (secondary N) is 3. The Hall–Kier alpha value is -2.06. The largest absolute Gasteiger partial charge is 0.334 e. The van der Waals surface area contributed by atoms with Crippen LogP contribution in [0.4, 0.5) is 10.5 Å². The van der Waals surface area contributed by atoms with Crippen molar-refractivity contribution in [1.29, 1.82) is 5.26 Å². The Morgan fingerprint density at radius 3 is 2.78 bits per heavy atom. The topological polar surface area (TPSA) is 77.0 Å². The molecule has 1 atom stereocenters. The number of urea groups is 1. The number of anilines is 1. The van der Waals surface area contributed by atoms with Crippen molar-refractivity contribution in [3.05, 3.63) is 29.8 Å². The Morgan fingerprint density at radius 1 is 1.39 bits per heavy atom. The van der Waals surface area contributed by atoms with E-state index in [2.05, 4.69) is 16.0 Å². The average molecular weight is 244 g/mol. The highest BCUT2D eigenvalue weighted by atomic mass is 16.2. The summed E-state index contributed by atoms with van der Waals surface area (Å²) in [5, 5.41) is 17.6. The lowest BCUT2D eigenvalue weighted by Crippen LogP contribution is -2.47. The summed E-state index contributed by atoms with van der Waals surface area (Å²) in [5.74, 6) is 0. The molecule has 2 rings (SSSR count). The minimum atomic E-state index is -0.201. The zero-order chi connectivity index (χ0) is 12.8. The lowest BCUT2D eigenvalue weighted by atomic mass is 10.1. The lowest BCUT2D eigenvalue weighted by Gasteiger charge is -2.23. The lowest BCUT2D eigenvalue weighted by molar-refractivity contribution is 0.245. The number of carbonyl (C=O) groups is 1. The minimum Gasteiger partial charge on any atom is -0.334 e. The second-order valence-corrected chi connectivity index (χ2v) is 4.33. The van der Waals surface area contributed by atoms with Crippen LogP contribution in [0, 0.1) is 11.3 Å². The SMILES string of the molecule is N#Cc1ccc(NC(=O)N[C@@H]2CCCNC2)cc1. The van der Waals surface area contributed by atoms with Crippen LogP contribution in [0.25, 0.3) is 0 Å². The standard InChI is InChI=1S/C13H16N4O/c14-8-10-3-5-11(6-4-10)16-13(18)17-12-2-1-7-15-9-12/h3-6,12,15H,1-2,7,9H2,(H2,16,17,18)/t12-/m1/s1. The van der Waals surface area contributed by atoms with Gasteiger partial charge in [-0.25, -0.2) is 4.79 Å². The second-order valence-electron chi connectivity index (χ2n) is 4.33. The third kappa shape index (κ3) is 3.47. The van der Waals surface area contributed by atoms with E-state index in [1.807, 2.05) is 6.07 Å². The van der Waals surface area contributed by atoms with Crippen LogP contribution in [-0.2, 0) is 0 Å². The van der Waals surface area contributed by atoms with Crippen molar-refractivity contribution >= 4 is 11.7 Å². The summed E-state index contributed by atoms with van der Waals surface area (Å²) in [4.78, 5) is 11.7. The number of hydrogen-bond acceptors (Lipinski definition) is 3. The van der Waals surface area contributed by atoms with E-state index in [1.165, 1.54) is 0 Å². The molecule has 0 radical (unpaired) electrons. The Balaban J connectivity index is 1.84. The summed E-state index contributed by atoms with van der Waals surface area (Å²) in [6.07, 6.45) is 2.09. The molecule has 18 heavy (non-hydrogen) atoms. The van der Waals surface area contributed by atoms with Gasteiger partial charge in [0.1, 0.15) is 0 Å². The quantitative estimate of drug-likeness (QED) is 0.736. The maximum Gasteiger partial charge on any atom is 0.319 e. The number of hydrogen-bond donors (Lipinski definition) is 3. The third-order valence-corrected chi connectivity index (χ3v) is 2.90. The van der Waals surface area contributed by atoms with E-state index in [0.29, 0.717) is 11.3 Å². The number of nitrogens with zero attached hydrogens (tertiary/aromatic N) is 1. The zero-order valence-electron chi connectivity index (χ0n) is 10.1. The monoisotopic (exact) mass is 244 g/mol. The smallest absolute Gasteiger partial charge is 0.319 e. The summed E-state index contributed by atoms with van der Waals surface area (Å²) in [6, 6.07) is 8.82. The van der Waals surface area contributed by atoms with E-state index in [0.717, 1.165) is 25.9 Å². The molecule has 0 aliphatic carbocycles. The molecule has 3 N–H and O–H groups in total. The summed E-state index contributed by atoms with van der Waals surface area (Å²) in [7, 11) is 0. The number of rotatable bonds is 2. The molecule has 0 aromatic heterocycles. The molecule has 0 bridgehead atoms. The van der Waals surface area contributed by atoms with Crippen LogP contribution in [0.15, 0.2) is 24.3 Å². The van der Waals surface area contributed by atoms with Gasteiger partial charge in [-0.2, -0.15) is 5.26 Å². The van der Waals surface area contributed by atoms with Crippen molar-refractivity contribution in [2.75, 3.05) is 18.4 Å². The molecular formula is C13H16N4O. The maximum absolute atomic E-state index is 11.7. The first kappa shape index (κ1) is 12.4. The van der Waals surface area contributed by atoms with Crippen molar-refractivity contribution in [3.8, 4) is 6.07 Å². The third-order valence-electron chi connectivity index (χ3n) is 2.90. The molecule has 2 amide bonds. The number of amides is 2. The first-order valence-electron chi connectivity index (χ1n) is 6.06. The van der Waals surface area contributed by atoms with Gasteiger partial charge in [0.15, 0.2) is 0 Å². The van der Waals surface area contributed by atoms with Crippen molar-refractivity contribution < 1.29 is 4.79 Å². The van der Waals surface area contributed by atoms with E-state index in [9.17, 15) is 4.79 Å². The number of benzene rings is 1. The van der Waals surface area contributed by atoms with E-state index in [4.69, 9.17) is 5.26 Å². The van der Waals surface area contributed by atoms with Crippen LogP contribution in [-0.4, -0.2) is 25.2 Å². The highest BCUT2D eigenvalue weighted by Gasteiger charge is 2.14. The molecule has 1 aromatic rings. The molecule has 1 aromatic carbocycles. The molecule has 5 heteroatoms. The van der Waals surface area contributed by atoms with Gasteiger partial charge in [0.05, 0.1) is 11.6 Å². The second kappa shape index (κ2) is 6.03. The summed E-state index contributed by atoms with van der Waals surface area (Å²) in [5.41, 5.74) is 1.27. The zero-order valence-corrected chi connectivity index (χ0v) is 10.1. The molecule has 1 aliphatic heterocycles. The van der Waals surface area contributed by atoms with Crippen LogP contribution in [0.3, 0.4) is 0 Å². The van der Waals surface area contributed by atoms with Gasteiger partial charge in [-0.05, 0) is 43.7 Å². The summed E-state index contributed by atoms with van der Waals surface area (Å²) >= 11 is 0. The predicted molar refractivity (Wildman–Crippen MR) is 69.2 cm³/mol. The molecule has 1 fully saturated rings. The molecule has 94 valence electrons. The summed E-state index contributed by atoms with van der Waals surface area (Å²) in [6.45, 7) is 1.84. The normalized spacial score (nSPS) is 18.7. The highest BCUT2D eigenvalue weighted by molar-refractivity contribution is 5.89. The predicted octanol–water partition coefficient (Wildman–Crippen LogP) is 1.43. The van der Waals surface area contributed by atoms with Gasteiger partial charge in [0.2, 0.25) is 0 Å². The number of carbonyl (C=O) groups excluding carboxylic acids is 1. The molecule has 5 nitrogen and oxygen atoms in total. The van der Waals surface area contributed by atoms with Crippen molar-refractivity contribution in [2.24, 2.45) is 0 Å². The first-order chi connectivity index (χ1) is 8.78. The fourth-order valence-electron chi connectivity index (χ4n) is 1.96. The highest BCUT2D eigenvalue weighted by Crippen LogP contribution is 2.09. The Kier molecular flexibility index (Phi) is 4.15. The van der Waals surface area contributed by atoms with Crippen molar-refractivity contribution in [3.63, 3.8) is 0 Å². The molecule has 0 unspecified atom stereocenters. The van der Waals surface area contributed by atoms with Gasteiger partial charge >= 0.3 is 6.03 Å². The van der Waals surface area contributed by atoms with Gasteiger partial charge in [0.25, 0.3) is 0 Å². The van der Waals surface area contributed by atoms with Crippen LogP contribution in [0.5, 0.6) is 0 Å². The van der Waals surface area contributed by atoms with Crippen LogP contribution < -0.4 is 16.0 Å². The van der Waals surface area contributed by atoms with E-state index in [-0.39, 0.29) is 12.1 Å². The van der Waals surface area contributed by atoms with Gasteiger partial charge < -0.3 is 16.0 Å². The van der Waals surface area contributed by atoms with Gasteiger partial charge in [0, 0.05) is 18.3 Å². The summed E-state index contributed by atoms with van der Waals surface area (Å²) < 4.78 is 0. The minimum absolute atomic E-state index is 0.192. The van der Waals surface area contributed by atoms with Crippen LogP contribution in [0.2, 0.25) is 0 Å². The molecule has 1 heterocycles. The van der Waals surface area contributed by atoms with Gasteiger partial charge in [-0.15, -0.1) is 0 Å². The Bertz CT molecular complexity index is 443. The van der Waals surface area contributed by atoms with Crippen molar-refractivity contribution in [2.45, 2.75) is 18.9 Å². The molecule has 0 saturated carbocycles. The fourth-order valence-corrected chi connectivity index (χ4v) is 1.96. The van der Waals surface area contributed by atoms with E-state index >= 15 is 0 Å². The van der Waals surface area contributed by atoms with Crippen LogP contribution >= 0.6 is 0 Å². The Labute approximate surface area is 106 Å². The van der Waals surface area contributed by atoms with Gasteiger partial charge in [-0.1, -0.05) is 0 Å². The first-order valence-corrected chi connectivity index (χ1v) is 6.06. The number of piperidine rings is 1. The van der Waals surface area contributed by atoms with Crippen molar-refractivity contribution in [1.82, 2.24) is 10.6 Å². The Morgan fingerprint density at radius 2 is 2.17 bits per heavy atom. The molecule has 0 spiro atoms.